The monoisotopic (exact) mass is 429 g/mol. The Morgan fingerprint density at radius 1 is 0.933 bits per heavy atom. The Balaban J connectivity index is 1.38. The predicted octanol–water partition coefficient (Wildman–Crippen LogP) is 1.93. The minimum Gasteiger partial charge on any atom is -0.355 e. The lowest BCUT2D eigenvalue weighted by Crippen LogP contribution is -2.41. The molecule has 0 radical (unpaired) electrons. The van der Waals surface area contributed by atoms with Crippen molar-refractivity contribution in [2.24, 2.45) is 4.99 Å². The fourth-order valence-electron chi connectivity index (χ4n) is 3.42. The summed E-state index contributed by atoms with van der Waals surface area (Å²) >= 11 is 0. The van der Waals surface area contributed by atoms with Gasteiger partial charge in [-0.05, 0) is 49.2 Å². The molecule has 3 N–H and O–H groups in total. The number of rotatable bonds is 9. The first-order valence-corrected chi connectivity index (χ1v) is 11.8. The molecule has 8 heteroatoms. The molecule has 1 heterocycles. The van der Waals surface area contributed by atoms with Gasteiger partial charge in [-0.15, -0.1) is 0 Å². The lowest BCUT2D eigenvalue weighted by Gasteiger charge is -2.15. The maximum absolute atomic E-state index is 12.2. The molecular formula is C22H31N5O2S. The molecule has 0 spiro atoms. The molecule has 3 rings (SSSR count). The van der Waals surface area contributed by atoms with E-state index in [-0.39, 0.29) is 11.4 Å². The van der Waals surface area contributed by atoms with Crippen LogP contribution in [0.2, 0.25) is 0 Å². The van der Waals surface area contributed by atoms with Crippen molar-refractivity contribution in [2.45, 2.75) is 30.8 Å². The fourth-order valence-corrected chi connectivity index (χ4v) is 4.47. The summed E-state index contributed by atoms with van der Waals surface area (Å²) < 4.78 is 27.0. The van der Waals surface area contributed by atoms with E-state index in [1.807, 2.05) is 0 Å². The number of hydrogen-bond acceptors (Lipinski definition) is 4. The molecule has 30 heavy (non-hydrogen) atoms. The molecule has 162 valence electrons. The van der Waals surface area contributed by atoms with Crippen LogP contribution in [-0.2, 0) is 23.1 Å². The molecule has 1 fully saturated rings. The maximum atomic E-state index is 12.2. The van der Waals surface area contributed by atoms with Gasteiger partial charge in [0.2, 0.25) is 10.0 Å². The maximum Gasteiger partial charge on any atom is 0.240 e. The van der Waals surface area contributed by atoms with Crippen molar-refractivity contribution in [2.75, 3.05) is 33.2 Å². The second-order valence-electron chi connectivity index (χ2n) is 7.36. The molecule has 0 bridgehead atoms. The van der Waals surface area contributed by atoms with E-state index in [0.717, 1.165) is 6.54 Å². The molecule has 0 unspecified atom stereocenters. The van der Waals surface area contributed by atoms with Crippen LogP contribution in [0.5, 0.6) is 0 Å². The molecule has 1 aliphatic rings. The molecule has 0 aliphatic carbocycles. The molecular weight excluding hydrogens is 398 g/mol. The van der Waals surface area contributed by atoms with Gasteiger partial charge in [-0.2, -0.15) is 0 Å². The van der Waals surface area contributed by atoms with E-state index in [4.69, 9.17) is 0 Å². The number of likely N-dealkylation sites (tertiary alicyclic amines) is 1. The van der Waals surface area contributed by atoms with E-state index in [1.54, 1.807) is 37.4 Å². The van der Waals surface area contributed by atoms with Crippen molar-refractivity contribution in [3.8, 4) is 0 Å². The number of benzene rings is 2. The van der Waals surface area contributed by atoms with E-state index in [9.17, 15) is 8.42 Å². The number of guanidine groups is 1. The van der Waals surface area contributed by atoms with Gasteiger partial charge in [-0.25, -0.2) is 13.1 Å². The summed E-state index contributed by atoms with van der Waals surface area (Å²) in [4.78, 5) is 6.95. The topological polar surface area (TPSA) is 85.8 Å². The second kappa shape index (κ2) is 11.1. The van der Waals surface area contributed by atoms with Crippen LogP contribution < -0.4 is 15.4 Å². The molecule has 0 amide bonds. The standard InChI is InChI=1S/C22H31N5O2S/c1-23-22(24-13-14-26-30(28,29)21-7-3-2-4-8-21)25-17-19-9-11-20(12-10-19)18-27-15-5-6-16-27/h2-4,7-12,26H,5-6,13-18H2,1H3,(H2,23,24,25). The number of hydrogen-bond donors (Lipinski definition) is 3. The molecule has 2 aromatic carbocycles. The van der Waals surface area contributed by atoms with Crippen molar-refractivity contribution in [3.63, 3.8) is 0 Å². The highest BCUT2D eigenvalue weighted by Gasteiger charge is 2.12. The predicted molar refractivity (Wildman–Crippen MR) is 121 cm³/mol. The highest BCUT2D eigenvalue weighted by molar-refractivity contribution is 7.89. The van der Waals surface area contributed by atoms with Gasteiger partial charge in [0, 0.05) is 33.2 Å². The summed E-state index contributed by atoms with van der Waals surface area (Å²) in [5.74, 6) is 0.634. The summed E-state index contributed by atoms with van der Waals surface area (Å²) in [6, 6.07) is 17.0. The van der Waals surface area contributed by atoms with Gasteiger partial charge in [0.25, 0.3) is 0 Å². The van der Waals surface area contributed by atoms with Crippen molar-refractivity contribution in [1.82, 2.24) is 20.3 Å². The quantitative estimate of drug-likeness (QED) is 0.322. The zero-order chi connectivity index (χ0) is 21.2. The van der Waals surface area contributed by atoms with Gasteiger partial charge in [0.1, 0.15) is 0 Å². The second-order valence-corrected chi connectivity index (χ2v) is 9.13. The fraction of sp³-hybridized carbons (Fsp3) is 0.409. The van der Waals surface area contributed by atoms with Crippen molar-refractivity contribution in [1.29, 1.82) is 0 Å². The summed E-state index contributed by atoms with van der Waals surface area (Å²) in [7, 11) is -1.79. The van der Waals surface area contributed by atoms with Gasteiger partial charge < -0.3 is 10.6 Å². The highest BCUT2D eigenvalue weighted by Crippen LogP contribution is 2.13. The molecule has 0 aromatic heterocycles. The van der Waals surface area contributed by atoms with Crippen LogP contribution >= 0.6 is 0 Å². The third kappa shape index (κ3) is 6.83. The summed E-state index contributed by atoms with van der Waals surface area (Å²) in [5.41, 5.74) is 2.52. The van der Waals surface area contributed by atoms with Gasteiger partial charge in [-0.3, -0.25) is 9.89 Å². The van der Waals surface area contributed by atoms with E-state index in [0.29, 0.717) is 19.0 Å². The molecule has 0 saturated carbocycles. The van der Waals surface area contributed by atoms with Crippen LogP contribution in [0, 0.1) is 0 Å². The number of nitrogens with one attached hydrogen (secondary N) is 3. The zero-order valence-electron chi connectivity index (χ0n) is 17.5. The van der Waals surface area contributed by atoms with E-state index >= 15 is 0 Å². The number of aliphatic imine (C=N–C) groups is 1. The summed E-state index contributed by atoms with van der Waals surface area (Å²) in [6.07, 6.45) is 2.61. The van der Waals surface area contributed by atoms with Crippen molar-refractivity contribution in [3.05, 3.63) is 65.7 Å². The zero-order valence-corrected chi connectivity index (χ0v) is 18.3. The Kier molecular flexibility index (Phi) is 8.24. The van der Waals surface area contributed by atoms with Crippen molar-refractivity contribution >= 4 is 16.0 Å². The average molecular weight is 430 g/mol. The molecule has 1 aliphatic heterocycles. The van der Waals surface area contributed by atoms with Crippen LogP contribution in [0.4, 0.5) is 0 Å². The van der Waals surface area contributed by atoms with E-state index in [1.165, 1.54) is 37.1 Å². The van der Waals surface area contributed by atoms with Crippen LogP contribution in [0.15, 0.2) is 64.5 Å². The first-order valence-electron chi connectivity index (χ1n) is 10.4. The van der Waals surface area contributed by atoms with Gasteiger partial charge in [0.15, 0.2) is 5.96 Å². The Bertz CT molecular complexity index is 908. The van der Waals surface area contributed by atoms with Crippen LogP contribution in [0.3, 0.4) is 0 Å². The van der Waals surface area contributed by atoms with Gasteiger partial charge in [-0.1, -0.05) is 42.5 Å². The summed E-state index contributed by atoms with van der Waals surface area (Å²) in [6.45, 7) is 4.78. The lowest BCUT2D eigenvalue weighted by atomic mass is 10.1. The number of sulfonamides is 1. The number of nitrogens with zero attached hydrogens (tertiary/aromatic N) is 2. The molecule has 7 nitrogen and oxygen atoms in total. The third-order valence-electron chi connectivity index (χ3n) is 5.07. The Morgan fingerprint density at radius 3 is 2.27 bits per heavy atom. The Hall–Kier alpha value is -2.42. The third-order valence-corrected chi connectivity index (χ3v) is 6.55. The molecule has 2 aromatic rings. The largest absolute Gasteiger partial charge is 0.355 e. The Labute approximate surface area is 179 Å². The SMILES string of the molecule is CN=C(NCCNS(=O)(=O)c1ccccc1)NCc1ccc(CN2CCCC2)cc1. The Morgan fingerprint density at radius 2 is 1.60 bits per heavy atom. The van der Waals surface area contributed by atoms with Gasteiger partial charge >= 0.3 is 0 Å². The normalized spacial score (nSPS) is 15.3. The van der Waals surface area contributed by atoms with Crippen LogP contribution in [-0.4, -0.2) is 52.5 Å². The highest BCUT2D eigenvalue weighted by atomic mass is 32.2. The molecule has 0 atom stereocenters. The minimum absolute atomic E-state index is 0.265. The van der Waals surface area contributed by atoms with Gasteiger partial charge in [0.05, 0.1) is 4.90 Å². The van der Waals surface area contributed by atoms with Crippen LogP contribution in [0.25, 0.3) is 0 Å². The minimum atomic E-state index is -3.49. The first kappa shape index (κ1) is 22.3. The lowest BCUT2D eigenvalue weighted by molar-refractivity contribution is 0.331. The molecule has 1 saturated heterocycles. The smallest absolute Gasteiger partial charge is 0.240 e. The van der Waals surface area contributed by atoms with Crippen molar-refractivity contribution < 1.29 is 8.42 Å². The first-order chi connectivity index (χ1) is 14.6. The average Bonchev–Trinajstić information content (AvgIpc) is 3.28. The summed E-state index contributed by atoms with van der Waals surface area (Å²) in [5, 5.41) is 6.39. The van der Waals surface area contributed by atoms with Crippen LogP contribution in [0.1, 0.15) is 24.0 Å². The van der Waals surface area contributed by atoms with E-state index in [2.05, 4.69) is 49.5 Å². The van der Waals surface area contributed by atoms with E-state index < -0.39 is 10.0 Å².